The third-order valence-corrected chi connectivity index (χ3v) is 7.61. The first-order chi connectivity index (χ1) is 16.2. The van der Waals surface area contributed by atoms with Gasteiger partial charge in [0.15, 0.2) is 0 Å². The van der Waals surface area contributed by atoms with Crippen molar-refractivity contribution in [3.05, 3.63) is 63.5 Å². The summed E-state index contributed by atoms with van der Waals surface area (Å²) < 4.78 is 6.60. The molecule has 0 bridgehead atoms. The van der Waals surface area contributed by atoms with Gasteiger partial charge in [-0.05, 0) is 67.0 Å². The van der Waals surface area contributed by atoms with E-state index in [1.54, 1.807) is 24.3 Å². The molecule has 8 nitrogen and oxygen atoms in total. The zero-order valence-electron chi connectivity index (χ0n) is 18.3. The molecule has 4 N–H and O–H groups in total. The first-order valence-corrected chi connectivity index (χ1v) is 11.8. The molecule has 4 atom stereocenters. The normalized spacial score (nSPS) is 26.6. The molecule has 1 aliphatic carbocycles. The number of hydrogen-bond acceptors (Lipinski definition) is 7. The van der Waals surface area contributed by atoms with Gasteiger partial charge in [-0.15, -0.1) is 0 Å². The molecule has 2 amide bonds. The molecule has 0 unspecified atom stereocenters. The predicted octanol–water partition coefficient (Wildman–Crippen LogP) is 1.46. The van der Waals surface area contributed by atoms with Crippen LogP contribution in [0.5, 0.6) is 5.75 Å². The summed E-state index contributed by atoms with van der Waals surface area (Å²) in [6, 6.07) is 11.0. The zero-order valence-corrected chi connectivity index (χ0v) is 19.8. The summed E-state index contributed by atoms with van der Waals surface area (Å²) in [6.45, 7) is 1.84. The van der Waals surface area contributed by atoms with Gasteiger partial charge in [-0.2, -0.15) is 0 Å². The summed E-state index contributed by atoms with van der Waals surface area (Å²) in [6.07, 6.45) is -0.0257. The number of phenols is 1. The van der Waals surface area contributed by atoms with Gasteiger partial charge >= 0.3 is 14.2 Å². The number of imide groups is 1. The van der Waals surface area contributed by atoms with Gasteiger partial charge in [-0.1, -0.05) is 33.6 Å². The second kappa shape index (κ2) is 8.66. The lowest BCUT2D eigenvalue weighted by Crippen LogP contribution is -2.44. The van der Waals surface area contributed by atoms with Crippen molar-refractivity contribution < 1.29 is 34.4 Å². The van der Waals surface area contributed by atoms with Gasteiger partial charge in [0.25, 0.3) is 0 Å². The van der Waals surface area contributed by atoms with Gasteiger partial charge in [0.2, 0.25) is 11.8 Å². The number of carbonyl (C=O) groups excluding carboxylic acids is 2. The van der Waals surface area contributed by atoms with Crippen LogP contribution in [0.15, 0.2) is 58.0 Å². The van der Waals surface area contributed by atoms with Gasteiger partial charge < -0.3 is 24.8 Å². The number of fused-ring (bicyclic) bond motifs is 3. The van der Waals surface area contributed by atoms with Crippen molar-refractivity contribution in [2.45, 2.75) is 25.9 Å². The topological polar surface area (TPSA) is 128 Å². The zero-order chi connectivity index (χ0) is 24.3. The van der Waals surface area contributed by atoms with Crippen LogP contribution in [-0.2, 0) is 14.2 Å². The SMILES string of the molecule is CC1=C2B(O)O[C@H](c3cc(Br)ccc3O)C[C@H]2[C@H]2C(=O)N(c3cccc(B(O)O)c3)C(=O)[C@H]2C1. The molecule has 2 aromatic rings. The summed E-state index contributed by atoms with van der Waals surface area (Å²) >= 11 is 3.39. The van der Waals surface area contributed by atoms with Gasteiger partial charge in [0.05, 0.1) is 23.6 Å². The van der Waals surface area contributed by atoms with E-state index < -0.39 is 38.1 Å². The average Bonchev–Trinajstić information content (AvgIpc) is 3.04. The molecule has 5 rings (SSSR count). The molecule has 34 heavy (non-hydrogen) atoms. The van der Waals surface area contributed by atoms with Crippen molar-refractivity contribution in [2.24, 2.45) is 17.8 Å². The van der Waals surface area contributed by atoms with E-state index >= 15 is 0 Å². The quantitative estimate of drug-likeness (QED) is 0.353. The smallest absolute Gasteiger partial charge is 0.488 e. The Morgan fingerprint density at radius 3 is 2.62 bits per heavy atom. The number of amides is 2. The van der Waals surface area contributed by atoms with Crippen molar-refractivity contribution >= 4 is 53.1 Å². The van der Waals surface area contributed by atoms with Crippen LogP contribution in [0.25, 0.3) is 0 Å². The molecule has 0 aromatic heterocycles. The molecule has 2 aliphatic heterocycles. The Morgan fingerprint density at radius 1 is 1.12 bits per heavy atom. The third kappa shape index (κ3) is 3.72. The molecule has 0 radical (unpaired) electrons. The fraction of sp³-hybridized carbons (Fsp3) is 0.304. The molecule has 0 spiro atoms. The molecular formula is C23H22B2BrNO7. The lowest BCUT2D eigenvalue weighted by Gasteiger charge is -2.41. The second-order valence-electron chi connectivity index (χ2n) is 9.08. The number of hydrogen-bond donors (Lipinski definition) is 4. The van der Waals surface area contributed by atoms with Gasteiger partial charge in [0, 0.05) is 10.0 Å². The first kappa shape index (κ1) is 23.3. The van der Waals surface area contributed by atoms with Crippen molar-refractivity contribution in [3.8, 4) is 5.75 Å². The first-order valence-electron chi connectivity index (χ1n) is 11.0. The fourth-order valence-electron chi connectivity index (χ4n) is 5.62. The molecule has 0 saturated carbocycles. The Bertz CT molecular complexity index is 1220. The van der Waals surface area contributed by atoms with E-state index in [2.05, 4.69) is 15.9 Å². The molecule has 2 fully saturated rings. The summed E-state index contributed by atoms with van der Waals surface area (Å²) in [5.41, 5.74) is 2.39. The largest absolute Gasteiger partial charge is 0.508 e. The Kier molecular flexibility index (Phi) is 5.94. The maximum Gasteiger partial charge on any atom is 0.488 e. The Morgan fingerprint density at radius 2 is 1.88 bits per heavy atom. The number of nitrogens with zero attached hydrogens (tertiary/aromatic N) is 1. The minimum absolute atomic E-state index is 0.0201. The van der Waals surface area contributed by atoms with E-state index in [0.717, 1.165) is 14.9 Å². The molecule has 2 saturated heterocycles. The van der Waals surface area contributed by atoms with Crippen LogP contribution < -0.4 is 10.4 Å². The highest BCUT2D eigenvalue weighted by atomic mass is 79.9. The van der Waals surface area contributed by atoms with Crippen LogP contribution in [0.4, 0.5) is 5.69 Å². The van der Waals surface area contributed by atoms with Gasteiger partial charge in [-0.25, -0.2) is 0 Å². The number of benzene rings is 2. The summed E-state index contributed by atoms with van der Waals surface area (Å²) in [4.78, 5) is 28.2. The minimum Gasteiger partial charge on any atom is -0.508 e. The van der Waals surface area contributed by atoms with Crippen LogP contribution in [0.1, 0.15) is 31.4 Å². The minimum atomic E-state index is -1.73. The maximum absolute atomic E-state index is 13.6. The number of rotatable bonds is 3. The Balaban J connectivity index is 1.53. The summed E-state index contributed by atoms with van der Waals surface area (Å²) in [5, 5.41) is 40.3. The lowest BCUT2D eigenvalue weighted by molar-refractivity contribution is -0.123. The number of carbonyl (C=O) groups is 2. The summed E-state index contributed by atoms with van der Waals surface area (Å²) in [7, 11) is -2.98. The molecule has 11 heteroatoms. The Labute approximate surface area is 205 Å². The number of anilines is 1. The average molecular weight is 526 g/mol. The van der Waals surface area contributed by atoms with Crippen molar-refractivity contribution in [2.75, 3.05) is 4.90 Å². The monoisotopic (exact) mass is 525 g/mol. The molecule has 2 aromatic carbocycles. The van der Waals surface area contributed by atoms with Gasteiger partial charge in [0.1, 0.15) is 5.75 Å². The van der Waals surface area contributed by atoms with E-state index in [9.17, 15) is 29.8 Å². The van der Waals surface area contributed by atoms with Crippen molar-refractivity contribution in [1.29, 1.82) is 0 Å². The molecule has 3 aliphatic rings. The van der Waals surface area contributed by atoms with Crippen LogP contribution in [0, 0.1) is 17.8 Å². The van der Waals surface area contributed by atoms with E-state index in [-0.39, 0.29) is 28.7 Å². The highest BCUT2D eigenvalue weighted by molar-refractivity contribution is 9.10. The van der Waals surface area contributed by atoms with Gasteiger partial charge in [-0.3, -0.25) is 14.5 Å². The van der Waals surface area contributed by atoms with Crippen molar-refractivity contribution in [3.63, 3.8) is 0 Å². The molecule has 174 valence electrons. The lowest BCUT2D eigenvalue weighted by atomic mass is 9.55. The predicted molar refractivity (Wildman–Crippen MR) is 129 cm³/mol. The van der Waals surface area contributed by atoms with Crippen LogP contribution in [0.3, 0.4) is 0 Å². The van der Waals surface area contributed by atoms with Crippen LogP contribution in [-0.4, -0.2) is 46.2 Å². The highest BCUT2D eigenvalue weighted by Gasteiger charge is 2.57. The highest BCUT2D eigenvalue weighted by Crippen LogP contribution is 2.52. The fourth-order valence-corrected chi connectivity index (χ4v) is 6.00. The van der Waals surface area contributed by atoms with E-state index in [0.29, 0.717) is 23.9 Å². The van der Waals surface area contributed by atoms with Crippen LogP contribution >= 0.6 is 15.9 Å². The second-order valence-corrected chi connectivity index (χ2v) is 9.99. The number of phenolic OH excluding ortho intramolecular Hbond substituents is 1. The number of allylic oxidation sites excluding steroid dienone is 2. The summed E-state index contributed by atoms with van der Waals surface area (Å²) in [5.74, 6) is -2.44. The molecular weight excluding hydrogens is 504 g/mol. The van der Waals surface area contributed by atoms with E-state index in [1.165, 1.54) is 18.2 Å². The number of aromatic hydroxyl groups is 1. The maximum atomic E-state index is 13.6. The molecule has 2 heterocycles. The number of halogens is 1. The third-order valence-electron chi connectivity index (χ3n) is 7.12. The Hall–Kier alpha value is -2.43. The standard InChI is InChI=1S/C23H22B2BrNO7/c1-11-7-17-20(23(30)27(22(17)29)14-4-2-3-12(8-14)24(31)32)16-10-19(34-25(33)21(11)16)15-9-13(26)5-6-18(15)28/h2-6,8-9,16-17,19-20,28,31-33H,7,10H2,1H3/t16-,17-,19-,20+/m0/s1. The van der Waals surface area contributed by atoms with E-state index in [4.69, 9.17) is 4.65 Å². The van der Waals surface area contributed by atoms with E-state index in [1.807, 2.05) is 6.92 Å². The van der Waals surface area contributed by atoms with Crippen LogP contribution in [0.2, 0.25) is 0 Å². The van der Waals surface area contributed by atoms with Crippen molar-refractivity contribution in [1.82, 2.24) is 0 Å².